The number of pyridine rings is 2. The molecule has 164 valence electrons. The molecule has 3 heteroatoms. The van der Waals surface area contributed by atoms with Gasteiger partial charge < -0.3 is 0 Å². The minimum Gasteiger partial charge on any atom is -0.254 e. The maximum atomic E-state index is 5.11. The standard InChI is InChI=1S/C32H20N2S/c1-2-7-21(8-3-1)29-18-19-30(35-29)27-16-15-26(24-10-4-5-11-25(24)27)28-17-14-23-13-12-22-9-6-20-33-31(22)32(23)34-28/h1-20H. The molecule has 0 unspecified atom stereocenters. The first kappa shape index (κ1) is 20.1. The smallest absolute Gasteiger partial charge is 0.0972 e. The second-order valence-electron chi connectivity index (χ2n) is 8.65. The lowest BCUT2D eigenvalue weighted by atomic mass is 9.96. The van der Waals surface area contributed by atoms with Crippen molar-refractivity contribution in [3.05, 3.63) is 121 Å². The van der Waals surface area contributed by atoms with E-state index in [9.17, 15) is 0 Å². The Morgan fingerprint density at radius 2 is 1.17 bits per heavy atom. The Kier molecular flexibility index (Phi) is 4.68. The lowest BCUT2D eigenvalue weighted by molar-refractivity contribution is 1.37. The van der Waals surface area contributed by atoms with Crippen LogP contribution in [0.5, 0.6) is 0 Å². The number of nitrogens with zero attached hydrogens (tertiary/aromatic N) is 2. The molecule has 4 aromatic carbocycles. The van der Waals surface area contributed by atoms with E-state index in [2.05, 4.69) is 114 Å². The molecule has 0 bridgehead atoms. The van der Waals surface area contributed by atoms with E-state index in [-0.39, 0.29) is 0 Å². The fourth-order valence-electron chi connectivity index (χ4n) is 4.85. The van der Waals surface area contributed by atoms with Gasteiger partial charge in [0, 0.05) is 32.3 Å². The molecule has 0 saturated heterocycles. The minimum absolute atomic E-state index is 0.944. The first-order valence-electron chi connectivity index (χ1n) is 11.7. The van der Waals surface area contributed by atoms with Crippen LogP contribution < -0.4 is 0 Å². The average molecular weight is 465 g/mol. The van der Waals surface area contributed by atoms with Crippen molar-refractivity contribution >= 4 is 43.9 Å². The van der Waals surface area contributed by atoms with Crippen LogP contribution in [0.2, 0.25) is 0 Å². The molecule has 0 amide bonds. The molecule has 3 aromatic heterocycles. The zero-order valence-corrected chi connectivity index (χ0v) is 19.7. The first-order valence-corrected chi connectivity index (χ1v) is 12.5. The van der Waals surface area contributed by atoms with E-state index < -0.39 is 0 Å². The van der Waals surface area contributed by atoms with Crippen LogP contribution in [0.1, 0.15) is 0 Å². The zero-order chi connectivity index (χ0) is 23.2. The first-order chi connectivity index (χ1) is 17.3. The second kappa shape index (κ2) is 8.15. The van der Waals surface area contributed by atoms with Crippen molar-refractivity contribution in [2.45, 2.75) is 0 Å². The van der Waals surface area contributed by atoms with Crippen LogP contribution in [-0.2, 0) is 0 Å². The number of hydrogen-bond donors (Lipinski definition) is 0. The summed E-state index contributed by atoms with van der Waals surface area (Å²) in [6.45, 7) is 0. The highest BCUT2D eigenvalue weighted by atomic mass is 32.1. The molecule has 0 aliphatic rings. The van der Waals surface area contributed by atoms with Gasteiger partial charge in [-0.2, -0.15) is 0 Å². The van der Waals surface area contributed by atoms with Gasteiger partial charge in [0.1, 0.15) is 0 Å². The Morgan fingerprint density at radius 1 is 0.486 bits per heavy atom. The third kappa shape index (κ3) is 3.40. The van der Waals surface area contributed by atoms with Gasteiger partial charge in [-0.3, -0.25) is 4.98 Å². The van der Waals surface area contributed by atoms with Crippen molar-refractivity contribution in [2.24, 2.45) is 0 Å². The van der Waals surface area contributed by atoms with Gasteiger partial charge in [0.25, 0.3) is 0 Å². The minimum atomic E-state index is 0.944. The molecule has 0 saturated carbocycles. The molecule has 0 aliphatic carbocycles. The van der Waals surface area contributed by atoms with Gasteiger partial charge in [-0.15, -0.1) is 11.3 Å². The van der Waals surface area contributed by atoms with Crippen molar-refractivity contribution in [3.8, 4) is 32.1 Å². The quantitative estimate of drug-likeness (QED) is 0.244. The lowest BCUT2D eigenvalue weighted by Gasteiger charge is -2.11. The summed E-state index contributed by atoms with van der Waals surface area (Å²) in [4.78, 5) is 12.3. The number of thiophene rings is 1. The number of fused-ring (bicyclic) bond motifs is 4. The molecule has 3 heterocycles. The van der Waals surface area contributed by atoms with Gasteiger partial charge in [-0.1, -0.05) is 91.0 Å². The predicted molar refractivity (Wildman–Crippen MR) is 149 cm³/mol. The fourth-order valence-corrected chi connectivity index (χ4v) is 5.90. The number of hydrogen-bond acceptors (Lipinski definition) is 3. The zero-order valence-electron chi connectivity index (χ0n) is 18.8. The largest absolute Gasteiger partial charge is 0.254 e. The molecule has 2 nitrogen and oxygen atoms in total. The number of benzene rings is 4. The summed E-state index contributed by atoms with van der Waals surface area (Å²) in [7, 11) is 0. The van der Waals surface area contributed by atoms with Crippen LogP contribution in [0.15, 0.2) is 121 Å². The van der Waals surface area contributed by atoms with E-state index >= 15 is 0 Å². The molecule has 0 fully saturated rings. The highest BCUT2D eigenvalue weighted by Gasteiger charge is 2.13. The molecule has 0 spiro atoms. The summed E-state index contributed by atoms with van der Waals surface area (Å²) in [6, 6.07) is 40.7. The van der Waals surface area contributed by atoms with Crippen LogP contribution in [0.3, 0.4) is 0 Å². The normalized spacial score (nSPS) is 11.4. The van der Waals surface area contributed by atoms with Gasteiger partial charge in [0.05, 0.1) is 16.7 Å². The predicted octanol–water partition coefficient (Wildman–Crippen LogP) is 9.00. The van der Waals surface area contributed by atoms with Crippen molar-refractivity contribution in [2.75, 3.05) is 0 Å². The summed E-state index contributed by atoms with van der Waals surface area (Å²) < 4.78 is 0. The van der Waals surface area contributed by atoms with Crippen LogP contribution in [0.25, 0.3) is 64.7 Å². The topological polar surface area (TPSA) is 25.8 Å². The van der Waals surface area contributed by atoms with Crippen molar-refractivity contribution < 1.29 is 0 Å². The van der Waals surface area contributed by atoms with Crippen molar-refractivity contribution in [1.29, 1.82) is 0 Å². The highest BCUT2D eigenvalue weighted by Crippen LogP contribution is 2.40. The molecule has 7 aromatic rings. The maximum absolute atomic E-state index is 5.11. The third-order valence-corrected chi connectivity index (χ3v) is 7.73. The number of rotatable bonds is 3. The van der Waals surface area contributed by atoms with Gasteiger partial charge >= 0.3 is 0 Å². The Labute approximate surface area is 207 Å². The fraction of sp³-hybridized carbons (Fsp3) is 0. The summed E-state index contributed by atoms with van der Waals surface area (Å²) in [5.41, 5.74) is 6.50. The average Bonchev–Trinajstić information content (AvgIpc) is 3.43. The summed E-state index contributed by atoms with van der Waals surface area (Å²) in [5, 5.41) is 4.66. The molecule has 0 aliphatic heterocycles. The SMILES string of the molecule is c1ccc(-c2ccc(-c3ccc(-c4ccc5ccc6cccnc6c5n4)c4ccccc34)s2)cc1. The monoisotopic (exact) mass is 464 g/mol. The van der Waals surface area contributed by atoms with E-state index in [1.54, 1.807) is 0 Å². The van der Waals surface area contributed by atoms with Crippen LogP contribution in [-0.4, -0.2) is 9.97 Å². The molecule has 0 N–H and O–H groups in total. The molecular formula is C32H20N2S. The Hall–Kier alpha value is -4.34. The van der Waals surface area contributed by atoms with Gasteiger partial charge in [-0.05, 0) is 46.2 Å². The van der Waals surface area contributed by atoms with E-state index in [0.29, 0.717) is 0 Å². The summed E-state index contributed by atoms with van der Waals surface area (Å²) in [6.07, 6.45) is 1.84. The van der Waals surface area contributed by atoms with E-state index in [0.717, 1.165) is 33.1 Å². The lowest BCUT2D eigenvalue weighted by Crippen LogP contribution is -1.90. The van der Waals surface area contributed by atoms with Gasteiger partial charge in [0.15, 0.2) is 0 Å². The molecule has 7 rings (SSSR count). The molecule has 0 radical (unpaired) electrons. The van der Waals surface area contributed by atoms with Gasteiger partial charge in [0.2, 0.25) is 0 Å². The van der Waals surface area contributed by atoms with Gasteiger partial charge in [-0.25, -0.2) is 4.98 Å². The maximum Gasteiger partial charge on any atom is 0.0972 e. The molecule has 0 atom stereocenters. The second-order valence-corrected chi connectivity index (χ2v) is 9.73. The third-order valence-electron chi connectivity index (χ3n) is 6.56. The Bertz CT molecular complexity index is 1850. The van der Waals surface area contributed by atoms with Crippen LogP contribution in [0.4, 0.5) is 0 Å². The molecular weight excluding hydrogens is 444 g/mol. The Morgan fingerprint density at radius 3 is 2.03 bits per heavy atom. The van der Waals surface area contributed by atoms with Crippen LogP contribution >= 0.6 is 11.3 Å². The number of aromatic nitrogens is 2. The van der Waals surface area contributed by atoms with Crippen molar-refractivity contribution in [3.63, 3.8) is 0 Å². The van der Waals surface area contributed by atoms with E-state index in [4.69, 9.17) is 4.98 Å². The summed E-state index contributed by atoms with van der Waals surface area (Å²) in [5.74, 6) is 0. The highest BCUT2D eigenvalue weighted by molar-refractivity contribution is 7.18. The van der Waals surface area contributed by atoms with Crippen molar-refractivity contribution in [1.82, 2.24) is 9.97 Å². The van der Waals surface area contributed by atoms with Crippen LogP contribution in [0, 0.1) is 0 Å². The Balaban J connectivity index is 1.40. The van der Waals surface area contributed by atoms with E-state index in [1.807, 2.05) is 23.6 Å². The van der Waals surface area contributed by atoms with E-state index in [1.165, 1.54) is 31.7 Å². The summed E-state index contributed by atoms with van der Waals surface area (Å²) >= 11 is 1.83. The molecule has 35 heavy (non-hydrogen) atoms.